The Hall–Kier alpha value is -1.02. The van der Waals surface area contributed by atoms with Gasteiger partial charge in [0.05, 0.1) is 10.6 Å². The number of halogens is 1. The highest BCUT2D eigenvalue weighted by molar-refractivity contribution is 6.34. The molecular weight excluding hydrogens is 356 g/mol. The predicted molar refractivity (Wildman–Crippen MR) is 113 cm³/mol. The molecule has 27 heavy (non-hydrogen) atoms. The van der Waals surface area contributed by atoms with Crippen LogP contribution in [0.15, 0.2) is 12.1 Å². The molecule has 0 amide bonds. The molecule has 0 bridgehead atoms. The Balaban J connectivity index is 1.62. The van der Waals surface area contributed by atoms with Crippen LogP contribution in [0.5, 0.6) is 0 Å². The molecule has 1 aliphatic heterocycles. The number of esters is 1. The van der Waals surface area contributed by atoms with Crippen LogP contribution in [0.2, 0.25) is 5.02 Å². The smallest absolute Gasteiger partial charge is 0.340 e. The van der Waals surface area contributed by atoms with Crippen LogP contribution in [0.4, 0.5) is 0 Å². The number of benzene rings is 1. The van der Waals surface area contributed by atoms with E-state index >= 15 is 0 Å². The molecule has 1 atom stereocenters. The van der Waals surface area contributed by atoms with Gasteiger partial charge in [-0.25, -0.2) is 4.79 Å². The zero-order valence-electron chi connectivity index (χ0n) is 17.1. The summed E-state index contributed by atoms with van der Waals surface area (Å²) < 4.78 is 5.63. The number of ether oxygens (including phenoxy) is 1. The van der Waals surface area contributed by atoms with Gasteiger partial charge in [0.1, 0.15) is 6.10 Å². The van der Waals surface area contributed by atoms with Crippen LogP contribution in [-0.2, 0) is 11.2 Å². The van der Waals surface area contributed by atoms with E-state index in [0.29, 0.717) is 16.5 Å². The van der Waals surface area contributed by atoms with Crippen molar-refractivity contribution in [3.8, 4) is 0 Å². The molecule has 1 aliphatic carbocycles. The van der Waals surface area contributed by atoms with Gasteiger partial charge in [0, 0.05) is 6.42 Å². The van der Waals surface area contributed by atoms with Crippen molar-refractivity contribution in [2.75, 3.05) is 0 Å². The average Bonchev–Trinajstić information content (AvgIpc) is 2.66. The Morgan fingerprint density at radius 1 is 1.00 bits per heavy atom. The lowest BCUT2D eigenvalue weighted by atomic mass is 9.76. The van der Waals surface area contributed by atoms with E-state index in [2.05, 4.69) is 26.0 Å². The second kappa shape index (κ2) is 9.96. The van der Waals surface area contributed by atoms with Crippen LogP contribution < -0.4 is 0 Å². The number of carbonyl (C=O) groups is 1. The zero-order chi connectivity index (χ0) is 19.2. The van der Waals surface area contributed by atoms with Crippen molar-refractivity contribution < 1.29 is 9.53 Å². The largest absolute Gasteiger partial charge is 0.458 e. The summed E-state index contributed by atoms with van der Waals surface area (Å²) in [7, 11) is 0. The highest BCUT2D eigenvalue weighted by Gasteiger charge is 2.31. The van der Waals surface area contributed by atoms with Gasteiger partial charge in [0.15, 0.2) is 0 Å². The maximum Gasteiger partial charge on any atom is 0.340 e. The summed E-state index contributed by atoms with van der Waals surface area (Å²) in [4.78, 5) is 12.5. The normalized spacial score (nSPS) is 25.1. The summed E-state index contributed by atoms with van der Waals surface area (Å²) in [5.74, 6) is 1.16. The molecule has 1 saturated carbocycles. The van der Waals surface area contributed by atoms with Crippen LogP contribution in [-0.4, -0.2) is 12.1 Å². The Morgan fingerprint density at radius 3 is 2.48 bits per heavy atom. The third-order valence-electron chi connectivity index (χ3n) is 6.55. The molecule has 150 valence electrons. The molecule has 1 aromatic rings. The molecule has 1 aromatic carbocycles. The van der Waals surface area contributed by atoms with Crippen molar-refractivity contribution in [1.29, 1.82) is 0 Å². The van der Waals surface area contributed by atoms with Crippen molar-refractivity contribution in [2.45, 2.75) is 103 Å². The summed E-state index contributed by atoms with van der Waals surface area (Å²) in [5, 5.41) is 0.666. The van der Waals surface area contributed by atoms with E-state index in [0.717, 1.165) is 30.7 Å². The number of cyclic esters (lactones) is 1. The van der Waals surface area contributed by atoms with E-state index in [1.807, 2.05) is 0 Å². The van der Waals surface area contributed by atoms with Crippen molar-refractivity contribution in [2.24, 2.45) is 5.92 Å². The first kappa shape index (κ1) is 20.7. The summed E-state index contributed by atoms with van der Waals surface area (Å²) in [6, 6.07) is 4.32. The van der Waals surface area contributed by atoms with Gasteiger partial charge in [-0.1, -0.05) is 76.1 Å². The predicted octanol–water partition coefficient (Wildman–Crippen LogP) is 7.47. The third-order valence-corrected chi connectivity index (χ3v) is 6.95. The minimum atomic E-state index is -0.217. The molecule has 2 aliphatic rings. The topological polar surface area (TPSA) is 26.3 Å². The average molecular weight is 391 g/mol. The highest BCUT2D eigenvalue weighted by atomic mass is 35.5. The number of carbonyl (C=O) groups excluding carboxylic acids is 1. The van der Waals surface area contributed by atoms with Gasteiger partial charge in [-0.3, -0.25) is 0 Å². The van der Waals surface area contributed by atoms with Crippen LogP contribution in [0.3, 0.4) is 0 Å². The first-order chi connectivity index (χ1) is 13.1. The molecule has 0 N–H and O–H groups in total. The van der Waals surface area contributed by atoms with Gasteiger partial charge in [0.25, 0.3) is 0 Å². The lowest BCUT2D eigenvalue weighted by molar-refractivity contribution is 0.0236. The standard InChI is InChI=1S/C24H35ClO2/c1-3-5-6-7-9-17-10-12-18(13-11-17)21-15-14-19-16-20(8-4-2)27-24(26)22(19)23(21)25/h14-15,17-18,20H,3-13,16H2,1-2H3. The fourth-order valence-electron chi connectivity index (χ4n) is 4.94. The van der Waals surface area contributed by atoms with Crippen LogP contribution >= 0.6 is 11.6 Å². The molecule has 2 nitrogen and oxygen atoms in total. The van der Waals surface area contributed by atoms with Crippen molar-refractivity contribution >= 4 is 17.6 Å². The van der Waals surface area contributed by atoms with Crippen LogP contribution in [0.1, 0.15) is 112 Å². The Kier molecular flexibility index (Phi) is 7.64. The highest BCUT2D eigenvalue weighted by Crippen LogP contribution is 2.42. The summed E-state index contributed by atoms with van der Waals surface area (Å²) in [5.41, 5.74) is 2.89. The molecule has 1 fully saturated rings. The first-order valence-electron chi connectivity index (χ1n) is 11.2. The minimum absolute atomic E-state index is 0.0139. The quantitative estimate of drug-likeness (QED) is 0.340. The maximum atomic E-state index is 12.5. The number of hydrogen-bond donors (Lipinski definition) is 0. The third kappa shape index (κ3) is 5.08. The molecule has 0 spiro atoms. The van der Waals surface area contributed by atoms with Gasteiger partial charge < -0.3 is 4.74 Å². The Labute approximate surface area is 170 Å². The van der Waals surface area contributed by atoms with E-state index < -0.39 is 0 Å². The van der Waals surface area contributed by atoms with E-state index in [1.165, 1.54) is 63.4 Å². The molecule has 3 heteroatoms. The van der Waals surface area contributed by atoms with Gasteiger partial charge in [-0.2, -0.15) is 0 Å². The lowest BCUT2D eigenvalue weighted by Crippen LogP contribution is -2.28. The van der Waals surface area contributed by atoms with Gasteiger partial charge in [-0.15, -0.1) is 0 Å². The van der Waals surface area contributed by atoms with Crippen LogP contribution in [0, 0.1) is 5.92 Å². The number of hydrogen-bond acceptors (Lipinski definition) is 2. The monoisotopic (exact) mass is 390 g/mol. The number of rotatable bonds is 8. The second-order valence-corrected chi connectivity index (χ2v) is 8.97. The molecule has 0 radical (unpaired) electrons. The maximum absolute atomic E-state index is 12.5. The Morgan fingerprint density at radius 2 is 1.78 bits per heavy atom. The second-order valence-electron chi connectivity index (χ2n) is 8.59. The first-order valence-corrected chi connectivity index (χ1v) is 11.5. The zero-order valence-corrected chi connectivity index (χ0v) is 17.8. The van der Waals surface area contributed by atoms with Crippen molar-refractivity contribution in [3.05, 3.63) is 33.8 Å². The number of unbranched alkanes of at least 4 members (excludes halogenated alkanes) is 3. The molecule has 1 heterocycles. The molecule has 1 unspecified atom stereocenters. The summed E-state index contributed by atoms with van der Waals surface area (Å²) >= 11 is 6.73. The van der Waals surface area contributed by atoms with Gasteiger partial charge in [-0.05, 0) is 55.1 Å². The van der Waals surface area contributed by atoms with Gasteiger partial charge in [0.2, 0.25) is 0 Å². The van der Waals surface area contributed by atoms with Gasteiger partial charge >= 0.3 is 5.97 Å². The van der Waals surface area contributed by atoms with E-state index in [9.17, 15) is 4.79 Å². The van der Waals surface area contributed by atoms with Crippen LogP contribution in [0.25, 0.3) is 0 Å². The molecule has 0 aromatic heterocycles. The molecular formula is C24H35ClO2. The summed E-state index contributed by atoms with van der Waals surface area (Å²) in [6.07, 6.45) is 14.6. The minimum Gasteiger partial charge on any atom is -0.458 e. The molecule has 3 rings (SSSR count). The fourth-order valence-corrected chi connectivity index (χ4v) is 5.36. The molecule has 0 saturated heterocycles. The number of fused-ring (bicyclic) bond motifs is 1. The van der Waals surface area contributed by atoms with Crippen molar-refractivity contribution in [1.82, 2.24) is 0 Å². The van der Waals surface area contributed by atoms with E-state index in [-0.39, 0.29) is 12.1 Å². The Bertz CT molecular complexity index is 632. The van der Waals surface area contributed by atoms with E-state index in [1.54, 1.807) is 0 Å². The van der Waals surface area contributed by atoms with E-state index in [4.69, 9.17) is 16.3 Å². The summed E-state index contributed by atoms with van der Waals surface area (Å²) in [6.45, 7) is 4.40. The fraction of sp³-hybridized carbons (Fsp3) is 0.708. The lowest BCUT2D eigenvalue weighted by Gasteiger charge is -2.31. The van der Waals surface area contributed by atoms with Crippen molar-refractivity contribution in [3.63, 3.8) is 0 Å². The SMILES string of the molecule is CCCCCCC1CCC(c2ccc3c(c2Cl)C(=O)OC(CCC)C3)CC1.